The minimum absolute atomic E-state index is 0.0235. The number of pyridine rings is 1. The van der Waals surface area contributed by atoms with Crippen LogP contribution in [0.4, 0.5) is 39.3 Å². The Labute approximate surface area is 225 Å². The van der Waals surface area contributed by atoms with Gasteiger partial charge >= 0.3 is 6.18 Å². The fourth-order valence-corrected chi connectivity index (χ4v) is 4.24. The first kappa shape index (κ1) is 28.9. The number of anilines is 3. The molecule has 3 aromatic rings. The molecular weight excluding hydrogens is 543 g/mol. The molecule has 16 heteroatoms. The van der Waals surface area contributed by atoms with Crippen molar-refractivity contribution in [2.24, 2.45) is 18.4 Å². The minimum Gasteiger partial charge on any atom is -0.444 e. The fourth-order valence-electron chi connectivity index (χ4n) is 4.24. The molecular formula is C24H27F5N8O3. The molecule has 0 spiro atoms. The Bertz CT molecular complexity index is 1370. The van der Waals surface area contributed by atoms with E-state index in [-0.39, 0.29) is 59.4 Å². The summed E-state index contributed by atoms with van der Waals surface area (Å²) in [6.07, 6.45) is -3.10. The minimum atomic E-state index is -4.43. The first-order valence-corrected chi connectivity index (χ1v) is 12.1. The molecule has 0 aliphatic carbocycles. The second-order valence-electron chi connectivity index (χ2n) is 9.81. The van der Waals surface area contributed by atoms with Crippen molar-refractivity contribution in [3.05, 3.63) is 36.5 Å². The quantitative estimate of drug-likeness (QED) is 0.316. The third-order valence-corrected chi connectivity index (χ3v) is 6.44. The molecule has 4 heterocycles. The summed E-state index contributed by atoms with van der Waals surface area (Å²) in [4.78, 5) is 35.6. The highest BCUT2D eigenvalue weighted by molar-refractivity contribution is 6.07. The topological polar surface area (TPSA) is 130 Å². The molecule has 11 nitrogen and oxygen atoms in total. The Morgan fingerprint density at radius 2 is 2.05 bits per heavy atom. The van der Waals surface area contributed by atoms with E-state index in [9.17, 15) is 31.5 Å². The van der Waals surface area contributed by atoms with Crippen LogP contribution in [0.1, 0.15) is 24.3 Å². The summed E-state index contributed by atoms with van der Waals surface area (Å²) in [5, 5.41) is 11.8. The lowest BCUT2D eigenvalue weighted by molar-refractivity contribution is -0.125. The van der Waals surface area contributed by atoms with Gasteiger partial charge in [-0.25, -0.2) is 18.7 Å². The number of aryl methyl sites for hydroxylation is 1. The van der Waals surface area contributed by atoms with Gasteiger partial charge in [0.2, 0.25) is 11.8 Å². The van der Waals surface area contributed by atoms with Crippen molar-refractivity contribution in [3.63, 3.8) is 0 Å². The van der Waals surface area contributed by atoms with Gasteiger partial charge in [-0.05, 0) is 12.1 Å². The molecule has 0 saturated carbocycles. The predicted molar refractivity (Wildman–Crippen MR) is 134 cm³/mol. The van der Waals surface area contributed by atoms with Crippen molar-refractivity contribution < 1.29 is 36.0 Å². The van der Waals surface area contributed by atoms with Crippen molar-refractivity contribution in [1.82, 2.24) is 25.1 Å². The number of halogens is 5. The van der Waals surface area contributed by atoms with E-state index in [1.54, 1.807) is 20.9 Å². The van der Waals surface area contributed by atoms with E-state index in [1.807, 2.05) is 0 Å². The summed E-state index contributed by atoms with van der Waals surface area (Å²) in [6.45, 7) is 2.08. The lowest BCUT2D eigenvalue weighted by Gasteiger charge is -2.23. The first-order valence-electron chi connectivity index (χ1n) is 12.1. The number of alkyl halides is 5. The highest BCUT2D eigenvalue weighted by Crippen LogP contribution is 2.40. The Kier molecular flexibility index (Phi) is 8.09. The van der Waals surface area contributed by atoms with Crippen molar-refractivity contribution in [2.75, 3.05) is 41.7 Å². The van der Waals surface area contributed by atoms with Gasteiger partial charge in [0.15, 0.2) is 11.5 Å². The normalized spacial score (nSPS) is 17.1. The number of rotatable bonds is 10. The largest absolute Gasteiger partial charge is 0.444 e. The van der Waals surface area contributed by atoms with Crippen LogP contribution < -0.4 is 20.9 Å². The van der Waals surface area contributed by atoms with Crippen LogP contribution in [0.3, 0.4) is 0 Å². The van der Waals surface area contributed by atoms with Gasteiger partial charge in [-0.3, -0.25) is 19.2 Å². The van der Waals surface area contributed by atoms with E-state index in [0.717, 1.165) is 6.26 Å². The van der Waals surface area contributed by atoms with Crippen LogP contribution in [-0.4, -0.2) is 70.3 Å². The van der Waals surface area contributed by atoms with Gasteiger partial charge in [-0.1, -0.05) is 13.8 Å². The number of carbonyl (C=O) groups excluding carboxylic acids is 2. The van der Waals surface area contributed by atoms with Gasteiger partial charge < -0.3 is 20.4 Å². The third-order valence-electron chi connectivity index (χ3n) is 6.44. The molecule has 216 valence electrons. The van der Waals surface area contributed by atoms with Crippen LogP contribution >= 0.6 is 0 Å². The molecule has 40 heavy (non-hydrogen) atoms. The standard InChI is InChI=1S/C24H27F5N8O3/c1-23(2)14(7-30-8-17(25)26)9-37(22(23)39)19-15(10-36(3)35-19)33-20(38)16-11-40-21(34-16)13-4-5-31-18(6-13)32-12-24(27,28)29/h4-6,10-11,14,17,30H,7-9,12H2,1-3H3,(H,31,32)(H,33,38). The van der Waals surface area contributed by atoms with E-state index in [0.29, 0.717) is 0 Å². The summed E-state index contributed by atoms with van der Waals surface area (Å²) in [5.41, 5.74) is -0.497. The predicted octanol–water partition coefficient (Wildman–Crippen LogP) is 3.54. The lowest BCUT2D eigenvalue weighted by atomic mass is 9.81. The summed E-state index contributed by atoms with van der Waals surface area (Å²) >= 11 is 0. The number of hydrogen-bond donors (Lipinski definition) is 3. The molecule has 1 atom stereocenters. The number of aromatic nitrogens is 4. The zero-order chi connectivity index (χ0) is 29.2. The van der Waals surface area contributed by atoms with Crippen LogP contribution in [0, 0.1) is 11.3 Å². The molecule has 3 aromatic heterocycles. The van der Waals surface area contributed by atoms with E-state index in [1.165, 1.54) is 34.1 Å². The Morgan fingerprint density at radius 1 is 1.30 bits per heavy atom. The molecule has 1 unspecified atom stereocenters. The zero-order valence-electron chi connectivity index (χ0n) is 21.7. The van der Waals surface area contributed by atoms with Crippen LogP contribution in [-0.2, 0) is 11.8 Å². The maximum absolute atomic E-state index is 13.2. The molecule has 1 aliphatic heterocycles. The van der Waals surface area contributed by atoms with Crippen molar-refractivity contribution in [2.45, 2.75) is 26.4 Å². The fraction of sp³-hybridized carbons (Fsp3) is 0.458. The molecule has 0 aromatic carbocycles. The van der Waals surface area contributed by atoms with E-state index >= 15 is 0 Å². The van der Waals surface area contributed by atoms with Gasteiger partial charge in [0, 0.05) is 43.2 Å². The van der Waals surface area contributed by atoms with Gasteiger partial charge in [-0.15, -0.1) is 0 Å². The molecule has 4 rings (SSSR count). The smallest absolute Gasteiger partial charge is 0.405 e. The van der Waals surface area contributed by atoms with Crippen molar-refractivity contribution in [3.8, 4) is 11.5 Å². The molecule has 2 amide bonds. The Morgan fingerprint density at radius 3 is 2.75 bits per heavy atom. The summed E-state index contributed by atoms with van der Waals surface area (Å²) in [5.74, 6) is -1.15. The maximum atomic E-state index is 13.2. The summed E-state index contributed by atoms with van der Waals surface area (Å²) in [7, 11) is 1.61. The average Bonchev–Trinajstić information content (AvgIpc) is 3.56. The molecule has 3 N–H and O–H groups in total. The van der Waals surface area contributed by atoms with Crippen molar-refractivity contribution >= 4 is 29.1 Å². The maximum Gasteiger partial charge on any atom is 0.405 e. The summed E-state index contributed by atoms with van der Waals surface area (Å²) < 4.78 is 69.4. The van der Waals surface area contributed by atoms with Gasteiger partial charge in [0.25, 0.3) is 12.3 Å². The van der Waals surface area contributed by atoms with Gasteiger partial charge in [0.05, 0.1) is 12.7 Å². The number of oxazole rings is 1. The Balaban J connectivity index is 1.48. The van der Waals surface area contributed by atoms with Crippen LogP contribution in [0.2, 0.25) is 0 Å². The van der Waals surface area contributed by atoms with E-state index in [4.69, 9.17) is 4.42 Å². The molecule has 0 radical (unpaired) electrons. The van der Waals surface area contributed by atoms with Crippen LogP contribution in [0.15, 0.2) is 35.2 Å². The zero-order valence-corrected chi connectivity index (χ0v) is 21.7. The Hall–Kier alpha value is -4.08. The van der Waals surface area contributed by atoms with Gasteiger partial charge in [-0.2, -0.15) is 18.3 Å². The van der Waals surface area contributed by atoms with Crippen LogP contribution in [0.5, 0.6) is 0 Å². The second-order valence-corrected chi connectivity index (χ2v) is 9.81. The summed E-state index contributed by atoms with van der Waals surface area (Å²) in [6, 6.07) is 2.75. The van der Waals surface area contributed by atoms with E-state index in [2.05, 4.69) is 31.0 Å². The average molecular weight is 571 g/mol. The van der Waals surface area contributed by atoms with Gasteiger partial charge in [0.1, 0.15) is 24.3 Å². The first-order chi connectivity index (χ1) is 18.7. The SMILES string of the molecule is Cn1cc(NC(=O)c2coc(-c3ccnc(NCC(F)(F)F)c3)n2)c(N2CC(CNCC(F)F)C(C)(C)C2=O)n1. The molecule has 1 aliphatic rings. The number of nitrogens with zero attached hydrogens (tertiary/aromatic N) is 5. The second kappa shape index (κ2) is 11.2. The third kappa shape index (κ3) is 6.55. The lowest BCUT2D eigenvalue weighted by Crippen LogP contribution is -2.36. The molecule has 1 fully saturated rings. The van der Waals surface area contributed by atoms with Crippen LogP contribution in [0.25, 0.3) is 11.5 Å². The number of nitrogens with one attached hydrogen (secondary N) is 3. The molecule has 0 bridgehead atoms. The number of carbonyl (C=O) groups is 2. The number of amides is 2. The highest BCUT2D eigenvalue weighted by atomic mass is 19.4. The van der Waals surface area contributed by atoms with Crippen molar-refractivity contribution in [1.29, 1.82) is 0 Å². The van der Waals surface area contributed by atoms with E-state index < -0.39 is 37.0 Å². The highest BCUT2D eigenvalue weighted by Gasteiger charge is 2.48. The number of hydrogen-bond acceptors (Lipinski definition) is 8. The molecule has 1 saturated heterocycles. The monoisotopic (exact) mass is 570 g/mol.